The first-order valence-corrected chi connectivity index (χ1v) is 5.75. The summed E-state index contributed by atoms with van der Waals surface area (Å²) in [4.78, 5) is 14.8. The molecule has 1 aromatic carbocycles. The molecule has 0 spiro atoms. The van der Waals surface area contributed by atoms with Crippen molar-refractivity contribution in [2.24, 2.45) is 0 Å². The third-order valence-corrected chi connectivity index (χ3v) is 2.66. The van der Waals surface area contributed by atoms with Crippen LogP contribution < -0.4 is 0 Å². The van der Waals surface area contributed by atoms with Crippen molar-refractivity contribution >= 4 is 17.6 Å². The fraction of sp³-hybridized carbons (Fsp3) is 0.250. The monoisotopic (exact) mass is 266 g/mol. The van der Waals surface area contributed by atoms with Gasteiger partial charge in [0.1, 0.15) is 0 Å². The lowest BCUT2D eigenvalue weighted by Gasteiger charge is -2.00. The maximum Gasteiger partial charge on any atom is 0.304 e. The lowest BCUT2D eigenvalue weighted by molar-refractivity contribution is -0.137. The molecule has 0 radical (unpaired) electrons. The molecule has 0 saturated heterocycles. The number of hydrogen-bond donors (Lipinski definition) is 1. The van der Waals surface area contributed by atoms with E-state index in [0.717, 1.165) is 5.56 Å². The smallest absolute Gasteiger partial charge is 0.304 e. The highest BCUT2D eigenvalue weighted by Crippen LogP contribution is 2.23. The molecular formula is C12H11ClN2O3. The van der Waals surface area contributed by atoms with Crippen molar-refractivity contribution in [1.82, 2.24) is 10.1 Å². The summed E-state index contributed by atoms with van der Waals surface area (Å²) in [6.07, 6.45) is -0.0445. The largest absolute Gasteiger partial charge is 0.481 e. The van der Waals surface area contributed by atoms with E-state index in [2.05, 4.69) is 10.1 Å². The van der Waals surface area contributed by atoms with E-state index >= 15 is 0 Å². The van der Waals surface area contributed by atoms with Gasteiger partial charge in [-0.05, 0) is 12.1 Å². The van der Waals surface area contributed by atoms with Crippen molar-refractivity contribution < 1.29 is 14.4 Å². The minimum absolute atomic E-state index is 0.0445. The molecular weight excluding hydrogens is 256 g/mol. The topological polar surface area (TPSA) is 76.2 Å². The summed E-state index contributed by atoms with van der Waals surface area (Å²) in [7, 11) is 0. The predicted octanol–water partition coefficient (Wildman–Crippen LogP) is 2.97. The first kappa shape index (κ1) is 12.6. The fourth-order valence-corrected chi connectivity index (χ4v) is 1.72. The molecule has 0 bridgehead atoms. The number of carbonyl (C=O) groups is 1. The molecule has 0 saturated carbocycles. The van der Waals surface area contributed by atoms with Crippen LogP contribution in [0.3, 0.4) is 0 Å². The summed E-state index contributed by atoms with van der Waals surface area (Å²) < 4.78 is 5.05. The number of rotatable bonds is 4. The van der Waals surface area contributed by atoms with Gasteiger partial charge < -0.3 is 9.63 Å². The Hall–Kier alpha value is -1.88. The summed E-state index contributed by atoms with van der Waals surface area (Å²) >= 11 is 5.87. The molecule has 0 aliphatic carbocycles. The van der Waals surface area contributed by atoms with Crippen LogP contribution in [0, 0.1) is 0 Å². The lowest BCUT2D eigenvalue weighted by Crippen LogP contribution is -2.03. The molecule has 0 aliphatic rings. The van der Waals surface area contributed by atoms with Gasteiger partial charge in [0.15, 0.2) is 0 Å². The van der Waals surface area contributed by atoms with Gasteiger partial charge in [-0.2, -0.15) is 4.98 Å². The van der Waals surface area contributed by atoms with Gasteiger partial charge in [-0.1, -0.05) is 35.8 Å². The first-order chi connectivity index (χ1) is 8.56. The van der Waals surface area contributed by atoms with Gasteiger partial charge >= 0.3 is 5.97 Å². The maximum absolute atomic E-state index is 10.6. The van der Waals surface area contributed by atoms with Crippen molar-refractivity contribution in [2.75, 3.05) is 0 Å². The Morgan fingerprint density at radius 3 is 3.00 bits per heavy atom. The number of carboxylic acid groups (broad SMARTS) is 1. The molecule has 0 fully saturated rings. The van der Waals surface area contributed by atoms with Gasteiger partial charge in [0.25, 0.3) is 0 Å². The van der Waals surface area contributed by atoms with Crippen LogP contribution >= 0.6 is 11.6 Å². The van der Waals surface area contributed by atoms with Crippen LogP contribution in [0.25, 0.3) is 11.4 Å². The van der Waals surface area contributed by atoms with Crippen LogP contribution in [0.2, 0.25) is 5.02 Å². The zero-order valence-corrected chi connectivity index (χ0v) is 10.4. The van der Waals surface area contributed by atoms with Gasteiger partial charge in [-0.15, -0.1) is 0 Å². The molecule has 1 N–H and O–H groups in total. The molecule has 5 nitrogen and oxygen atoms in total. The number of hydrogen-bond acceptors (Lipinski definition) is 4. The van der Waals surface area contributed by atoms with E-state index in [-0.39, 0.29) is 12.3 Å². The van der Waals surface area contributed by atoms with Crippen molar-refractivity contribution in [2.45, 2.75) is 19.3 Å². The summed E-state index contributed by atoms with van der Waals surface area (Å²) in [6.45, 7) is 1.73. The number of aliphatic carboxylic acids is 1. The third-order valence-electron chi connectivity index (χ3n) is 2.43. The number of halogens is 1. The number of nitrogens with zero attached hydrogens (tertiary/aromatic N) is 2. The minimum Gasteiger partial charge on any atom is -0.481 e. The van der Waals surface area contributed by atoms with E-state index in [0.29, 0.717) is 16.7 Å². The molecule has 1 heterocycles. The van der Waals surface area contributed by atoms with E-state index < -0.39 is 5.97 Å². The average molecular weight is 267 g/mol. The van der Waals surface area contributed by atoms with Gasteiger partial charge in [-0.25, -0.2) is 0 Å². The van der Waals surface area contributed by atoms with Crippen molar-refractivity contribution in [3.05, 3.63) is 35.2 Å². The Morgan fingerprint density at radius 2 is 2.33 bits per heavy atom. The Bertz CT molecular complexity index is 568. The highest BCUT2D eigenvalue weighted by molar-refractivity contribution is 6.30. The first-order valence-electron chi connectivity index (χ1n) is 5.37. The van der Waals surface area contributed by atoms with Crippen LogP contribution in [-0.2, 0) is 4.79 Å². The Morgan fingerprint density at radius 1 is 1.56 bits per heavy atom. The SMILES string of the molecule is C[C@H](CC(=O)O)c1nc(-c2cccc(Cl)c2)no1. The standard InChI is InChI=1S/C12H11ClN2O3/c1-7(5-10(16)17)12-14-11(15-18-12)8-3-2-4-9(13)6-8/h2-4,6-7H,5H2,1H3,(H,16,17)/t7-/m1/s1. The van der Waals surface area contributed by atoms with E-state index in [1.165, 1.54) is 0 Å². The van der Waals surface area contributed by atoms with Crippen LogP contribution in [0.5, 0.6) is 0 Å². The van der Waals surface area contributed by atoms with Gasteiger partial charge in [0.05, 0.1) is 6.42 Å². The Labute approximate surface area is 108 Å². The van der Waals surface area contributed by atoms with Crippen LogP contribution in [0.4, 0.5) is 0 Å². The minimum atomic E-state index is -0.898. The molecule has 6 heteroatoms. The normalized spacial score (nSPS) is 12.3. The predicted molar refractivity (Wildman–Crippen MR) is 65.4 cm³/mol. The second-order valence-electron chi connectivity index (χ2n) is 3.97. The van der Waals surface area contributed by atoms with Crippen molar-refractivity contribution in [3.8, 4) is 11.4 Å². The molecule has 0 aliphatic heterocycles. The maximum atomic E-state index is 10.6. The van der Waals surface area contributed by atoms with E-state index in [4.69, 9.17) is 21.2 Å². The Balaban J connectivity index is 2.22. The molecule has 0 unspecified atom stereocenters. The summed E-state index contributed by atoms with van der Waals surface area (Å²) in [5.41, 5.74) is 0.736. The van der Waals surface area contributed by atoms with Gasteiger partial charge in [0, 0.05) is 16.5 Å². The zero-order chi connectivity index (χ0) is 13.1. The molecule has 2 rings (SSSR count). The fourth-order valence-electron chi connectivity index (χ4n) is 1.53. The molecule has 18 heavy (non-hydrogen) atoms. The van der Waals surface area contributed by atoms with E-state index in [9.17, 15) is 4.79 Å². The van der Waals surface area contributed by atoms with Crippen LogP contribution in [0.15, 0.2) is 28.8 Å². The number of benzene rings is 1. The van der Waals surface area contributed by atoms with E-state index in [1.54, 1.807) is 25.1 Å². The highest BCUT2D eigenvalue weighted by Gasteiger charge is 2.18. The molecule has 1 aromatic heterocycles. The van der Waals surface area contributed by atoms with Crippen LogP contribution in [0.1, 0.15) is 25.2 Å². The number of carboxylic acids is 1. The molecule has 94 valence electrons. The van der Waals surface area contributed by atoms with Crippen molar-refractivity contribution in [3.63, 3.8) is 0 Å². The lowest BCUT2D eigenvalue weighted by atomic mass is 10.1. The molecule has 0 amide bonds. The van der Waals surface area contributed by atoms with E-state index in [1.807, 2.05) is 6.07 Å². The summed E-state index contributed by atoms with van der Waals surface area (Å²) in [6, 6.07) is 7.06. The second-order valence-corrected chi connectivity index (χ2v) is 4.40. The zero-order valence-electron chi connectivity index (χ0n) is 9.63. The number of aromatic nitrogens is 2. The summed E-state index contributed by atoms with van der Waals surface area (Å²) in [5, 5.41) is 13.1. The highest BCUT2D eigenvalue weighted by atomic mass is 35.5. The average Bonchev–Trinajstić information content (AvgIpc) is 2.77. The Kier molecular flexibility index (Phi) is 3.62. The quantitative estimate of drug-likeness (QED) is 0.921. The summed E-state index contributed by atoms with van der Waals surface area (Å²) in [5.74, 6) is -0.495. The third kappa shape index (κ3) is 2.87. The van der Waals surface area contributed by atoms with Crippen LogP contribution in [-0.4, -0.2) is 21.2 Å². The van der Waals surface area contributed by atoms with Crippen molar-refractivity contribution in [1.29, 1.82) is 0 Å². The van der Waals surface area contributed by atoms with Gasteiger partial charge in [0.2, 0.25) is 11.7 Å². The molecule has 2 aromatic rings. The molecule has 1 atom stereocenters. The van der Waals surface area contributed by atoms with Gasteiger partial charge in [-0.3, -0.25) is 4.79 Å². The second kappa shape index (κ2) is 5.18.